The third-order valence-electron chi connectivity index (χ3n) is 3.27. The van der Waals surface area contributed by atoms with Crippen molar-refractivity contribution in [3.05, 3.63) is 83.0 Å². The Hall–Kier alpha value is -2.24. The summed E-state index contributed by atoms with van der Waals surface area (Å²) in [7, 11) is 0. The van der Waals surface area contributed by atoms with Gasteiger partial charge < -0.3 is 9.73 Å². The minimum absolute atomic E-state index is 0.0190. The minimum atomic E-state index is -0.556. The van der Waals surface area contributed by atoms with E-state index in [1.807, 2.05) is 30.3 Å². The molecular formula is C18H13ClFNO2S. The smallest absolute Gasteiger partial charge is 0.291 e. The lowest BCUT2D eigenvalue weighted by Crippen LogP contribution is -2.13. The summed E-state index contributed by atoms with van der Waals surface area (Å²) in [6.45, 7) is 0. The number of rotatable bonds is 5. The minimum Gasteiger partial charge on any atom is -0.459 e. The number of halogens is 2. The number of hydrogen-bond acceptors (Lipinski definition) is 3. The Labute approximate surface area is 147 Å². The van der Waals surface area contributed by atoms with Crippen molar-refractivity contribution in [3.63, 3.8) is 0 Å². The van der Waals surface area contributed by atoms with Crippen molar-refractivity contribution in [1.29, 1.82) is 0 Å². The van der Waals surface area contributed by atoms with Gasteiger partial charge in [-0.1, -0.05) is 29.8 Å². The van der Waals surface area contributed by atoms with E-state index in [0.717, 1.165) is 10.5 Å². The lowest BCUT2D eigenvalue weighted by molar-refractivity contribution is 0.0995. The molecule has 24 heavy (non-hydrogen) atoms. The van der Waals surface area contributed by atoms with Crippen LogP contribution in [0.15, 0.2) is 70.2 Å². The molecule has 3 nitrogen and oxygen atoms in total. The average Bonchev–Trinajstić information content (AvgIpc) is 3.06. The lowest BCUT2D eigenvalue weighted by atomic mass is 10.2. The first-order valence-electron chi connectivity index (χ1n) is 7.14. The molecule has 0 atom stereocenters. The van der Waals surface area contributed by atoms with Crippen LogP contribution in [-0.2, 0) is 5.75 Å². The molecule has 0 saturated heterocycles. The van der Waals surface area contributed by atoms with Crippen LogP contribution in [0.2, 0.25) is 5.02 Å². The average molecular weight is 362 g/mol. The van der Waals surface area contributed by atoms with Crippen LogP contribution < -0.4 is 5.32 Å². The molecule has 2 aromatic carbocycles. The van der Waals surface area contributed by atoms with Gasteiger partial charge in [-0.05, 0) is 36.4 Å². The first-order chi connectivity index (χ1) is 11.6. The van der Waals surface area contributed by atoms with Crippen molar-refractivity contribution in [2.24, 2.45) is 0 Å². The molecule has 0 aliphatic heterocycles. The summed E-state index contributed by atoms with van der Waals surface area (Å²) in [6.07, 6.45) is 1.45. The molecule has 1 N–H and O–H groups in total. The van der Waals surface area contributed by atoms with E-state index in [-0.39, 0.29) is 11.4 Å². The van der Waals surface area contributed by atoms with Gasteiger partial charge in [-0.3, -0.25) is 4.79 Å². The summed E-state index contributed by atoms with van der Waals surface area (Å²) < 4.78 is 19.0. The van der Waals surface area contributed by atoms with Crippen LogP contribution in [0, 0.1) is 5.82 Å². The molecule has 3 rings (SSSR count). The fourth-order valence-corrected chi connectivity index (χ4v) is 3.17. The highest BCUT2D eigenvalue weighted by Crippen LogP contribution is 2.26. The first kappa shape index (κ1) is 16.6. The molecule has 1 aromatic heterocycles. The maximum absolute atomic E-state index is 13.7. The molecule has 0 unspecified atom stereocenters. The van der Waals surface area contributed by atoms with E-state index >= 15 is 0 Å². The second kappa shape index (κ2) is 7.55. The van der Waals surface area contributed by atoms with E-state index < -0.39 is 11.7 Å². The highest BCUT2D eigenvalue weighted by Gasteiger charge is 2.17. The number of anilines is 1. The van der Waals surface area contributed by atoms with E-state index in [0.29, 0.717) is 10.8 Å². The Morgan fingerprint density at radius 2 is 1.96 bits per heavy atom. The van der Waals surface area contributed by atoms with Gasteiger partial charge in [-0.15, -0.1) is 11.8 Å². The van der Waals surface area contributed by atoms with Crippen molar-refractivity contribution in [2.75, 3.05) is 5.32 Å². The van der Waals surface area contributed by atoms with E-state index in [2.05, 4.69) is 5.32 Å². The standard InChI is InChI=1S/C18H13ClFNO2S/c19-13-6-7-15(20)16(10-13)21-18(22)17-12(8-9-23-17)11-24-14-4-2-1-3-5-14/h1-10H,11H2,(H,21,22). The predicted molar refractivity (Wildman–Crippen MR) is 94.1 cm³/mol. The summed E-state index contributed by atoms with van der Waals surface area (Å²) >= 11 is 7.42. The monoisotopic (exact) mass is 361 g/mol. The highest BCUT2D eigenvalue weighted by molar-refractivity contribution is 7.98. The molecule has 0 fully saturated rings. The van der Waals surface area contributed by atoms with Crippen molar-refractivity contribution in [1.82, 2.24) is 0 Å². The van der Waals surface area contributed by atoms with Crippen LogP contribution >= 0.6 is 23.4 Å². The normalized spacial score (nSPS) is 10.6. The number of amides is 1. The van der Waals surface area contributed by atoms with Gasteiger partial charge >= 0.3 is 0 Å². The molecule has 1 heterocycles. The molecule has 1 amide bonds. The zero-order valence-electron chi connectivity index (χ0n) is 12.5. The van der Waals surface area contributed by atoms with E-state index in [9.17, 15) is 9.18 Å². The van der Waals surface area contributed by atoms with Crippen LogP contribution in [0.3, 0.4) is 0 Å². The third kappa shape index (κ3) is 3.99. The van der Waals surface area contributed by atoms with Gasteiger partial charge in [0, 0.05) is 21.2 Å². The summed E-state index contributed by atoms with van der Waals surface area (Å²) in [5.41, 5.74) is 0.759. The van der Waals surface area contributed by atoms with Gasteiger partial charge in [0.2, 0.25) is 0 Å². The highest BCUT2D eigenvalue weighted by atomic mass is 35.5. The van der Waals surface area contributed by atoms with Crippen LogP contribution in [0.5, 0.6) is 0 Å². The number of furan rings is 1. The second-order valence-electron chi connectivity index (χ2n) is 4.95. The number of thioether (sulfide) groups is 1. The van der Waals surface area contributed by atoms with Crippen molar-refractivity contribution in [3.8, 4) is 0 Å². The molecule has 6 heteroatoms. The second-order valence-corrected chi connectivity index (χ2v) is 6.44. The number of nitrogens with one attached hydrogen (secondary N) is 1. The molecular weight excluding hydrogens is 349 g/mol. The fourth-order valence-electron chi connectivity index (χ4n) is 2.10. The Morgan fingerprint density at radius 3 is 2.75 bits per heavy atom. The maximum atomic E-state index is 13.7. The zero-order chi connectivity index (χ0) is 16.9. The third-order valence-corrected chi connectivity index (χ3v) is 4.56. The van der Waals surface area contributed by atoms with Crippen LogP contribution in [0.25, 0.3) is 0 Å². The number of hydrogen-bond donors (Lipinski definition) is 1. The van der Waals surface area contributed by atoms with E-state index in [4.69, 9.17) is 16.0 Å². The van der Waals surface area contributed by atoms with Crippen LogP contribution in [0.1, 0.15) is 16.1 Å². The Kier molecular flexibility index (Phi) is 5.23. The van der Waals surface area contributed by atoms with Gasteiger partial charge in [-0.2, -0.15) is 0 Å². The van der Waals surface area contributed by atoms with E-state index in [1.165, 1.54) is 24.5 Å². The first-order valence-corrected chi connectivity index (χ1v) is 8.50. The molecule has 122 valence electrons. The SMILES string of the molecule is O=C(Nc1cc(Cl)ccc1F)c1occc1CSc1ccccc1. The lowest BCUT2D eigenvalue weighted by Gasteiger charge is -2.07. The van der Waals surface area contributed by atoms with Crippen LogP contribution in [-0.4, -0.2) is 5.91 Å². The Bertz CT molecular complexity index is 851. The van der Waals surface area contributed by atoms with Crippen molar-refractivity contribution >= 4 is 35.0 Å². The number of benzene rings is 2. The number of carbonyl (C=O) groups is 1. The van der Waals surface area contributed by atoms with E-state index in [1.54, 1.807) is 17.8 Å². The van der Waals surface area contributed by atoms with Crippen molar-refractivity contribution < 1.29 is 13.6 Å². The summed E-state index contributed by atoms with van der Waals surface area (Å²) in [5, 5.41) is 2.83. The molecule has 0 spiro atoms. The van der Waals surface area contributed by atoms with Crippen LogP contribution in [0.4, 0.5) is 10.1 Å². The summed E-state index contributed by atoms with van der Waals surface area (Å²) in [6, 6.07) is 15.5. The quantitative estimate of drug-likeness (QED) is 0.600. The summed E-state index contributed by atoms with van der Waals surface area (Å²) in [4.78, 5) is 13.4. The Morgan fingerprint density at radius 1 is 1.17 bits per heavy atom. The van der Waals surface area contributed by atoms with Gasteiger partial charge in [-0.25, -0.2) is 4.39 Å². The molecule has 0 bridgehead atoms. The summed E-state index contributed by atoms with van der Waals surface area (Å²) in [5.74, 6) is -0.330. The molecule has 0 aliphatic rings. The molecule has 0 aliphatic carbocycles. The number of carbonyl (C=O) groups excluding carboxylic acids is 1. The van der Waals surface area contributed by atoms with Crippen molar-refractivity contribution in [2.45, 2.75) is 10.6 Å². The topological polar surface area (TPSA) is 42.2 Å². The zero-order valence-corrected chi connectivity index (χ0v) is 14.0. The Balaban J connectivity index is 1.72. The fraction of sp³-hybridized carbons (Fsp3) is 0.0556. The molecule has 0 saturated carbocycles. The van der Waals surface area contributed by atoms with Gasteiger partial charge in [0.1, 0.15) is 5.82 Å². The predicted octanol–water partition coefficient (Wildman–Crippen LogP) is 5.62. The molecule has 3 aromatic rings. The van der Waals surface area contributed by atoms with Gasteiger partial charge in [0.25, 0.3) is 5.91 Å². The molecule has 0 radical (unpaired) electrons. The van der Waals surface area contributed by atoms with Gasteiger partial charge in [0.05, 0.1) is 12.0 Å². The van der Waals surface area contributed by atoms with Gasteiger partial charge in [0.15, 0.2) is 5.76 Å². The maximum Gasteiger partial charge on any atom is 0.291 e. The largest absolute Gasteiger partial charge is 0.459 e.